The Morgan fingerprint density at radius 2 is 1.74 bits per heavy atom. The Labute approximate surface area is 180 Å². The molecule has 0 radical (unpaired) electrons. The van der Waals surface area contributed by atoms with Crippen LogP contribution in [0.15, 0.2) is 55.2 Å². The van der Waals surface area contributed by atoms with Crippen LogP contribution in [-0.2, 0) is 0 Å². The van der Waals surface area contributed by atoms with Crippen LogP contribution >= 0.6 is 0 Å². The van der Waals surface area contributed by atoms with Crippen LogP contribution < -0.4 is 0 Å². The first-order valence-corrected chi connectivity index (χ1v) is 11.4. The zero-order valence-corrected chi connectivity index (χ0v) is 17.4. The van der Waals surface area contributed by atoms with E-state index in [0.717, 1.165) is 42.1 Å². The third-order valence-corrected chi connectivity index (χ3v) is 7.39. The van der Waals surface area contributed by atoms with Gasteiger partial charge in [-0.1, -0.05) is 12.1 Å². The Hall–Kier alpha value is -2.79. The van der Waals surface area contributed by atoms with Crippen molar-refractivity contribution >= 4 is 16.4 Å². The predicted octanol–water partition coefficient (Wildman–Crippen LogP) is 5.91. The fourth-order valence-corrected chi connectivity index (χ4v) is 5.60. The van der Waals surface area contributed by atoms with Crippen molar-refractivity contribution in [3.63, 3.8) is 0 Å². The highest BCUT2D eigenvalue weighted by molar-refractivity contribution is 5.83. The molecule has 1 aromatic carbocycles. The number of pyridine rings is 2. The maximum atomic E-state index is 14.2. The third kappa shape index (κ3) is 3.23. The van der Waals surface area contributed by atoms with Crippen molar-refractivity contribution in [1.82, 2.24) is 14.4 Å². The number of rotatable bonds is 4. The maximum absolute atomic E-state index is 14.2. The van der Waals surface area contributed by atoms with E-state index in [-0.39, 0.29) is 11.7 Å². The van der Waals surface area contributed by atoms with E-state index >= 15 is 0 Å². The summed E-state index contributed by atoms with van der Waals surface area (Å²) in [5.74, 6) is 0.938. The molecular weight excluding hydrogens is 389 g/mol. The van der Waals surface area contributed by atoms with Crippen LogP contribution in [0.1, 0.15) is 73.2 Å². The van der Waals surface area contributed by atoms with Gasteiger partial charge in [0, 0.05) is 23.3 Å². The molecule has 0 bridgehead atoms. The van der Waals surface area contributed by atoms with Crippen LogP contribution in [0.2, 0.25) is 0 Å². The van der Waals surface area contributed by atoms with Crippen molar-refractivity contribution in [1.29, 1.82) is 0 Å². The molecule has 2 aliphatic rings. The smallest absolute Gasteiger partial charge is 0.149 e. The van der Waals surface area contributed by atoms with E-state index in [1.165, 1.54) is 24.0 Å². The minimum absolute atomic E-state index is 0.236. The van der Waals surface area contributed by atoms with Crippen molar-refractivity contribution < 1.29 is 9.50 Å². The van der Waals surface area contributed by atoms with Gasteiger partial charge in [0.25, 0.3) is 0 Å². The van der Waals surface area contributed by atoms with Crippen molar-refractivity contribution in [3.05, 3.63) is 77.8 Å². The molecule has 0 unspecified atom stereocenters. The van der Waals surface area contributed by atoms with Crippen LogP contribution in [0.25, 0.3) is 16.4 Å². The maximum Gasteiger partial charge on any atom is 0.149 e. The van der Waals surface area contributed by atoms with Crippen molar-refractivity contribution in [2.24, 2.45) is 5.92 Å². The molecule has 158 valence electrons. The molecule has 4 aromatic rings. The first-order valence-electron chi connectivity index (χ1n) is 11.4. The minimum Gasteiger partial charge on any atom is -0.388 e. The molecule has 0 amide bonds. The van der Waals surface area contributed by atoms with Crippen LogP contribution in [0.3, 0.4) is 0 Å². The number of benzene rings is 1. The summed E-state index contributed by atoms with van der Waals surface area (Å²) in [6.07, 6.45) is 13.3. The molecule has 3 aromatic heterocycles. The Morgan fingerprint density at radius 3 is 2.55 bits per heavy atom. The van der Waals surface area contributed by atoms with Crippen molar-refractivity contribution in [2.45, 2.75) is 56.5 Å². The normalized spacial score (nSPS) is 22.8. The van der Waals surface area contributed by atoms with Crippen LogP contribution in [0, 0.1) is 11.7 Å². The van der Waals surface area contributed by atoms with Crippen LogP contribution in [0.4, 0.5) is 4.39 Å². The van der Waals surface area contributed by atoms with Gasteiger partial charge in [-0.25, -0.2) is 9.37 Å². The lowest BCUT2D eigenvalue weighted by molar-refractivity contribution is 0.0811. The Balaban J connectivity index is 1.27. The zero-order chi connectivity index (χ0) is 20.9. The summed E-state index contributed by atoms with van der Waals surface area (Å²) in [6.45, 7) is 0. The van der Waals surface area contributed by atoms with Gasteiger partial charge in [0.05, 0.1) is 24.1 Å². The third-order valence-electron chi connectivity index (χ3n) is 7.39. The van der Waals surface area contributed by atoms with Gasteiger partial charge < -0.3 is 9.51 Å². The summed E-state index contributed by atoms with van der Waals surface area (Å²) in [7, 11) is 0. The summed E-state index contributed by atoms with van der Waals surface area (Å²) >= 11 is 0. The van der Waals surface area contributed by atoms with E-state index in [9.17, 15) is 9.50 Å². The predicted molar refractivity (Wildman–Crippen MR) is 119 cm³/mol. The van der Waals surface area contributed by atoms with Gasteiger partial charge in [0.2, 0.25) is 0 Å². The fourth-order valence-electron chi connectivity index (χ4n) is 5.60. The van der Waals surface area contributed by atoms with Crippen LogP contribution in [-0.4, -0.2) is 19.5 Å². The molecule has 2 aliphatic carbocycles. The first-order chi connectivity index (χ1) is 15.2. The van der Waals surface area contributed by atoms with Gasteiger partial charge >= 0.3 is 0 Å². The average Bonchev–Trinajstić information content (AvgIpc) is 3.55. The highest BCUT2D eigenvalue weighted by Gasteiger charge is 2.34. The Morgan fingerprint density at radius 1 is 0.968 bits per heavy atom. The molecular formula is C26H26FN3O. The molecule has 2 fully saturated rings. The van der Waals surface area contributed by atoms with Gasteiger partial charge in [-0.15, -0.1) is 0 Å². The molecule has 0 aliphatic heterocycles. The highest BCUT2D eigenvalue weighted by atomic mass is 19.1. The second-order valence-electron chi connectivity index (χ2n) is 9.24. The van der Waals surface area contributed by atoms with E-state index in [0.29, 0.717) is 17.4 Å². The molecule has 1 atom stereocenters. The molecule has 31 heavy (non-hydrogen) atoms. The molecule has 0 spiro atoms. The zero-order valence-electron chi connectivity index (χ0n) is 17.4. The number of aliphatic hydroxyl groups is 1. The average molecular weight is 416 g/mol. The standard InChI is InChI=1S/C26H26FN3O/c27-22-10-9-19(21-2-1-12-29-25(21)22)16-5-7-18(8-6-16)26(31)24-20(17-3-4-17)11-13-30-15-28-14-23(24)30/h1-2,9-18,26,31H,3-8H2/t16?,18?,26-/m0/s1. The molecule has 1 N–H and O–H groups in total. The van der Waals surface area contributed by atoms with Crippen molar-refractivity contribution in [2.75, 3.05) is 0 Å². The number of aliphatic hydroxyl groups excluding tert-OH is 1. The van der Waals surface area contributed by atoms with E-state index in [4.69, 9.17) is 0 Å². The largest absolute Gasteiger partial charge is 0.388 e. The number of halogens is 1. The first kappa shape index (κ1) is 18.9. The topological polar surface area (TPSA) is 50.4 Å². The van der Waals surface area contributed by atoms with Crippen molar-refractivity contribution in [3.8, 4) is 0 Å². The number of fused-ring (bicyclic) bond motifs is 2. The lowest BCUT2D eigenvalue weighted by Gasteiger charge is -2.33. The number of nitrogens with zero attached hydrogens (tertiary/aromatic N) is 3. The summed E-state index contributed by atoms with van der Waals surface area (Å²) < 4.78 is 16.2. The van der Waals surface area contributed by atoms with E-state index in [1.807, 2.05) is 35.1 Å². The van der Waals surface area contributed by atoms with E-state index < -0.39 is 6.10 Å². The Bertz CT molecular complexity index is 1250. The number of hydrogen-bond donors (Lipinski definition) is 1. The molecule has 4 nitrogen and oxygen atoms in total. The molecule has 2 saturated carbocycles. The quantitative estimate of drug-likeness (QED) is 0.451. The van der Waals surface area contributed by atoms with Gasteiger partial charge in [-0.2, -0.15) is 0 Å². The molecule has 3 heterocycles. The monoisotopic (exact) mass is 415 g/mol. The highest BCUT2D eigenvalue weighted by Crippen LogP contribution is 2.48. The minimum atomic E-state index is -0.469. The summed E-state index contributed by atoms with van der Waals surface area (Å²) in [6, 6.07) is 9.51. The molecule has 0 saturated heterocycles. The second kappa shape index (κ2) is 7.41. The number of hydrogen-bond acceptors (Lipinski definition) is 3. The SMILES string of the molecule is O[C@H](c1c(C2CC2)ccn2cncc12)C1CCC(c2ccc(F)c3ncccc23)CC1. The Kier molecular flexibility index (Phi) is 4.53. The fraction of sp³-hybridized carbons (Fsp3) is 0.385. The lowest BCUT2D eigenvalue weighted by atomic mass is 9.74. The number of imidazole rings is 1. The van der Waals surface area contributed by atoms with Gasteiger partial charge in [-0.3, -0.25) is 4.98 Å². The summed E-state index contributed by atoms with van der Waals surface area (Å²) in [4.78, 5) is 8.57. The summed E-state index contributed by atoms with van der Waals surface area (Å²) in [5.41, 5.74) is 5.08. The molecule has 5 heteroatoms. The lowest BCUT2D eigenvalue weighted by Crippen LogP contribution is -2.21. The van der Waals surface area contributed by atoms with Gasteiger partial charge in [-0.05, 0) is 85.6 Å². The van der Waals surface area contributed by atoms with E-state index in [2.05, 4.69) is 22.2 Å². The summed E-state index contributed by atoms with van der Waals surface area (Å²) in [5, 5.41) is 12.4. The van der Waals surface area contributed by atoms with Gasteiger partial charge in [0.1, 0.15) is 11.3 Å². The number of aromatic nitrogens is 3. The molecule has 6 rings (SSSR count). The second-order valence-corrected chi connectivity index (χ2v) is 9.24. The van der Waals surface area contributed by atoms with Crippen LogP contribution in [0.5, 0.6) is 0 Å². The van der Waals surface area contributed by atoms with E-state index in [1.54, 1.807) is 12.3 Å². The van der Waals surface area contributed by atoms with Gasteiger partial charge in [0.15, 0.2) is 0 Å².